The highest BCUT2D eigenvalue weighted by molar-refractivity contribution is 5.92. The van der Waals surface area contributed by atoms with Gasteiger partial charge < -0.3 is 15.4 Å². The van der Waals surface area contributed by atoms with Crippen LogP contribution in [-0.4, -0.2) is 50.5 Å². The minimum Gasteiger partial charge on any atom is -0.497 e. The van der Waals surface area contributed by atoms with E-state index in [-0.39, 0.29) is 17.7 Å². The van der Waals surface area contributed by atoms with Gasteiger partial charge in [-0.2, -0.15) is 0 Å². The number of carbonyl (C=O) groups is 2. The van der Waals surface area contributed by atoms with Crippen molar-refractivity contribution >= 4 is 17.5 Å². The van der Waals surface area contributed by atoms with Gasteiger partial charge in [0.2, 0.25) is 11.8 Å². The Labute approximate surface area is 124 Å². The molecule has 0 bridgehead atoms. The molecule has 2 N–H and O–H groups in total. The average molecular weight is 291 g/mol. The van der Waals surface area contributed by atoms with Crippen molar-refractivity contribution in [3.8, 4) is 5.75 Å². The minimum absolute atomic E-state index is 0.0142. The molecule has 1 unspecified atom stereocenters. The Bertz CT molecular complexity index is 519. The molecule has 0 spiro atoms. The molecule has 114 valence electrons. The molecule has 1 aromatic carbocycles. The Morgan fingerprint density at radius 2 is 2.24 bits per heavy atom. The third-order valence-electron chi connectivity index (χ3n) is 3.61. The molecule has 1 saturated heterocycles. The highest BCUT2D eigenvalue weighted by atomic mass is 16.5. The fourth-order valence-electron chi connectivity index (χ4n) is 2.50. The smallest absolute Gasteiger partial charge is 0.238 e. The molecule has 0 aromatic heterocycles. The van der Waals surface area contributed by atoms with Crippen molar-refractivity contribution in [3.63, 3.8) is 0 Å². The van der Waals surface area contributed by atoms with E-state index in [9.17, 15) is 9.59 Å². The molecule has 0 radical (unpaired) electrons. The summed E-state index contributed by atoms with van der Waals surface area (Å²) in [4.78, 5) is 25.6. The van der Waals surface area contributed by atoms with E-state index in [0.29, 0.717) is 24.5 Å². The Morgan fingerprint density at radius 3 is 2.95 bits per heavy atom. The Kier molecular flexibility index (Phi) is 5.16. The van der Waals surface area contributed by atoms with Gasteiger partial charge in [-0.3, -0.25) is 14.5 Å². The molecule has 21 heavy (non-hydrogen) atoms. The zero-order chi connectivity index (χ0) is 15.2. The van der Waals surface area contributed by atoms with E-state index < -0.39 is 0 Å². The molecule has 0 aliphatic carbocycles. The van der Waals surface area contributed by atoms with Crippen molar-refractivity contribution in [3.05, 3.63) is 24.3 Å². The highest BCUT2D eigenvalue weighted by Gasteiger charge is 2.28. The van der Waals surface area contributed by atoms with Crippen LogP contribution in [0.3, 0.4) is 0 Å². The van der Waals surface area contributed by atoms with E-state index in [4.69, 9.17) is 4.74 Å². The van der Waals surface area contributed by atoms with Gasteiger partial charge in [-0.15, -0.1) is 0 Å². The highest BCUT2D eigenvalue weighted by Crippen LogP contribution is 2.18. The standard InChI is InChI=1S/C15H21N3O3/c1-16-15(20)11-6-7-18(9-11)10-14(19)17-12-4-3-5-13(8-12)21-2/h3-5,8,11H,6-7,9-10H2,1-2H3,(H,16,20)(H,17,19). The number of anilines is 1. The summed E-state index contributed by atoms with van der Waals surface area (Å²) in [6.07, 6.45) is 0.798. The van der Waals surface area contributed by atoms with Gasteiger partial charge in [-0.25, -0.2) is 0 Å². The van der Waals surface area contributed by atoms with E-state index in [1.165, 1.54) is 0 Å². The van der Waals surface area contributed by atoms with E-state index in [1.807, 2.05) is 23.1 Å². The van der Waals surface area contributed by atoms with Gasteiger partial charge in [0, 0.05) is 25.3 Å². The molecule has 1 aliphatic rings. The topological polar surface area (TPSA) is 70.7 Å². The van der Waals surface area contributed by atoms with Crippen LogP contribution in [0.2, 0.25) is 0 Å². The van der Waals surface area contributed by atoms with E-state index in [2.05, 4.69) is 10.6 Å². The Balaban J connectivity index is 1.83. The molecule has 2 rings (SSSR count). The first-order chi connectivity index (χ1) is 10.1. The molecule has 1 heterocycles. The number of benzene rings is 1. The van der Waals surface area contributed by atoms with Crippen LogP contribution in [0, 0.1) is 5.92 Å². The average Bonchev–Trinajstić information content (AvgIpc) is 2.94. The molecule has 1 aliphatic heterocycles. The van der Waals surface area contributed by atoms with Crippen molar-refractivity contribution in [2.75, 3.05) is 39.1 Å². The first kappa shape index (κ1) is 15.3. The quantitative estimate of drug-likeness (QED) is 0.838. The largest absolute Gasteiger partial charge is 0.497 e. The summed E-state index contributed by atoms with van der Waals surface area (Å²) in [6.45, 7) is 1.69. The first-order valence-corrected chi connectivity index (χ1v) is 7.00. The molecule has 0 saturated carbocycles. The van der Waals surface area contributed by atoms with Crippen LogP contribution >= 0.6 is 0 Å². The maximum absolute atomic E-state index is 12.0. The lowest BCUT2D eigenvalue weighted by Crippen LogP contribution is -2.34. The SMILES string of the molecule is CNC(=O)C1CCN(CC(=O)Nc2cccc(OC)c2)C1. The molecule has 6 nitrogen and oxygen atoms in total. The second kappa shape index (κ2) is 7.08. The van der Waals surface area contributed by atoms with Crippen LogP contribution in [0.1, 0.15) is 6.42 Å². The number of likely N-dealkylation sites (tertiary alicyclic amines) is 1. The molecular formula is C15H21N3O3. The Hall–Kier alpha value is -2.08. The molecule has 2 amide bonds. The molecule has 1 aromatic rings. The third kappa shape index (κ3) is 4.19. The fourth-order valence-corrected chi connectivity index (χ4v) is 2.50. The third-order valence-corrected chi connectivity index (χ3v) is 3.61. The van der Waals surface area contributed by atoms with Crippen molar-refractivity contribution in [2.24, 2.45) is 5.92 Å². The van der Waals surface area contributed by atoms with Crippen LogP contribution in [0.15, 0.2) is 24.3 Å². The van der Waals surface area contributed by atoms with Crippen LogP contribution in [0.4, 0.5) is 5.69 Å². The normalized spacial score (nSPS) is 18.3. The summed E-state index contributed by atoms with van der Waals surface area (Å²) in [6, 6.07) is 7.24. The zero-order valence-electron chi connectivity index (χ0n) is 12.4. The second-order valence-electron chi connectivity index (χ2n) is 5.12. The van der Waals surface area contributed by atoms with Gasteiger partial charge >= 0.3 is 0 Å². The van der Waals surface area contributed by atoms with Crippen LogP contribution in [0.25, 0.3) is 0 Å². The molecule has 1 fully saturated rings. The maximum Gasteiger partial charge on any atom is 0.238 e. The van der Waals surface area contributed by atoms with Crippen molar-refractivity contribution in [2.45, 2.75) is 6.42 Å². The summed E-state index contributed by atoms with van der Waals surface area (Å²) in [5.41, 5.74) is 0.710. The van der Waals surface area contributed by atoms with Crippen LogP contribution in [-0.2, 0) is 9.59 Å². The van der Waals surface area contributed by atoms with Gasteiger partial charge in [-0.1, -0.05) is 6.07 Å². The zero-order valence-corrected chi connectivity index (χ0v) is 12.4. The van der Waals surface area contributed by atoms with Crippen LogP contribution < -0.4 is 15.4 Å². The lowest BCUT2D eigenvalue weighted by atomic mass is 10.1. The van der Waals surface area contributed by atoms with E-state index in [1.54, 1.807) is 20.2 Å². The lowest BCUT2D eigenvalue weighted by molar-refractivity contribution is -0.124. The first-order valence-electron chi connectivity index (χ1n) is 7.00. The monoisotopic (exact) mass is 291 g/mol. The summed E-state index contributed by atoms with van der Waals surface area (Å²) in [7, 11) is 3.23. The predicted octanol–water partition coefficient (Wildman–Crippen LogP) is 0.702. The number of ether oxygens (including phenoxy) is 1. The number of nitrogens with zero attached hydrogens (tertiary/aromatic N) is 1. The number of methoxy groups -OCH3 is 1. The van der Waals surface area contributed by atoms with Gasteiger partial charge in [0.25, 0.3) is 0 Å². The van der Waals surface area contributed by atoms with Gasteiger partial charge in [-0.05, 0) is 25.1 Å². The number of rotatable bonds is 5. The summed E-state index contributed by atoms with van der Waals surface area (Å²) < 4.78 is 5.12. The summed E-state index contributed by atoms with van der Waals surface area (Å²) >= 11 is 0. The van der Waals surface area contributed by atoms with Crippen molar-refractivity contribution in [1.29, 1.82) is 0 Å². The molecule has 6 heteroatoms. The summed E-state index contributed by atoms with van der Waals surface area (Å²) in [5.74, 6) is 0.653. The number of amides is 2. The van der Waals surface area contributed by atoms with Gasteiger partial charge in [0.05, 0.1) is 19.6 Å². The summed E-state index contributed by atoms with van der Waals surface area (Å²) in [5, 5.41) is 5.49. The van der Waals surface area contributed by atoms with Gasteiger partial charge in [0.15, 0.2) is 0 Å². The number of nitrogens with one attached hydrogen (secondary N) is 2. The lowest BCUT2D eigenvalue weighted by Gasteiger charge is -2.15. The molecular weight excluding hydrogens is 270 g/mol. The van der Waals surface area contributed by atoms with Gasteiger partial charge in [0.1, 0.15) is 5.75 Å². The van der Waals surface area contributed by atoms with E-state index in [0.717, 1.165) is 13.0 Å². The number of carbonyl (C=O) groups excluding carboxylic acids is 2. The maximum atomic E-state index is 12.0. The van der Waals surface area contributed by atoms with Crippen molar-refractivity contribution < 1.29 is 14.3 Å². The fraction of sp³-hybridized carbons (Fsp3) is 0.467. The second-order valence-corrected chi connectivity index (χ2v) is 5.12. The predicted molar refractivity (Wildman–Crippen MR) is 80.2 cm³/mol. The number of hydrogen-bond donors (Lipinski definition) is 2. The van der Waals surface area contributed by atoms with E-state index >= 15 is 0 Å². The Morgan fingerprint density at radius 1 is 1.43 bits per heavy atom. The molecule has 1 atom stereocenters. The number of hydrogen-bond acceptors (Lipinski definition) is 4. The van der Waals surface area contributed by atoms with Crippen molar-refractivity contribution in [1.82, 2.24) is 10.2 Å². The van der Waals surface area contributed by atoms with Crippen LogP contribution in [0.5, 0.6) is 5.75 Å². The minimum atomic E-state index is -0.0826.